The van der Waals surface area contributed by atoms with Crippen molar-refractivity contribution in [2.24, 2.45) is 0 Å². The van der Waals surface area contributed by atoms with E-state index in [-0.39, 0.29) is 11.4 Å². The molecular weight excluding hydrogens is 267 g/mol. The number of nitrogens with zero attached hydrogens (tertiary/aromatic N) is 2. The summed E-state index contributed by atoms with van der Waals surface area (Å²) >= 11 is 0. The third-order valence-corrected chi connectivity index (χ3v) is 2.98. The maximum atomic E-state index is 13.1. The van der Waals surface area contributed by atoms with Gasteiger partial charge in [0.15, 0.2) is 0 Å². The number of alkyl halides is 3. The van der Waals surface area contributed by atoms with Crippen molar-refractivity contribution in [1.29, 1.82) is 0 Å². The van der Waals surface area contributed by atoms with Crippen molar-refractivity contribution < 1.29 is 13.2 Å². The van der Waals surface area contributed by atoms with E-state index in [0.717, 1.165) is 12.5 Å². The molecule has 6 heteroatoms. The third kappa shape index (κ3) is 4.59. The Labute approximate surface area is 118 Å². The number of rotatable bonds is 6. The largest absolute Gasteiger partial charge is 0.418 e. The van der Waals surface area contributed by atoms with E-state index >= 15 is 0 Å². The fraction of sp³-hybridized carbons (Fsp3) is 0.571. The topological polar surface area (TPSA) is 32.5 Å². The first-order chi connectivity index (χ1) is 9.25. The van der Waals surface area contributed by atoms with E-state index in [2.05, 4.69) is 0 Å². The van der Waals surface area contributed by atoms with Crippen LogP contribution in [0.15, 0.2) is 18.2 Å². The second kappa shape index (κ2) is 6.83. The van der Waals surface area contributed by atoms with Crippen molar-refractivity contribution in [3.05, 3.63) is 23.8 Å². The summed E-state index contributed by atoms with van der Waals surface area (Å²) < 4.78 is 39.4. The van der Waals surface area contributed by atoms with Gasteiger partial charge in [-0.3, -0.25) is 0 Å². The molecule has 0 saturated heterocycles. The van der Waals surface area contributed by atoms with Crippen molar-refractivity contribution >= 4 is 11.4 Å². The van der Waals surface area contributed by atoms with Crippen LogP contribution < -0.4 is 10.6 Å². The molecule has 0 aliphatic rings. The van der Waals surface area contributed by atoms with Gasteiger partial charge in [-0.2, -0.15) is 13.2 Å². The number of nitrogens with two attached hydrogens (primary N) is 1. The quantitative estimate of drug-likeness (QED) is 0.817. The molecule has 2 N–H and O–H groups in total. The van der Waals surface area contributed by atoms with Gasteiger partial charge in [-0.05, 0) is 38.7 Å². The molecule has 1 aromatic rings. The van der Waals surface area contributed by atoms with Gasteiger partial charge in [-0.15, -0.1) is 0 Å². The molecule has 1 rings (SSSR count). The Balaban J connectivity index is 3.12. The number of benzene rings is 1. The van der Waals surface area contributed by atoms with Crippen LogP contribution in [0.2, 0.25) is 0 Å². The van der Waals surface area contributed by atoms with E-state index in [1.54, 1.807) is 4.90 Å². The van der Waals surface area contributed by atoms with Gasteiger partial charge in [0.05, 0.1) is 5.56 Å². The maximum Gasteiger partial charge on any atom is 0.418 e. The second-order valence-corrected chi connectivity index (χ2v) is 5.06. The SMILES string of the molecule is CCCN(CCN(C)C)c1ccc(N)cc1C(F)(F)F. The van der Waals surface area contributed by atoms with Gasteiger partial charge >= 0.3 is 6.18 Å². The van der Waals surface area contributed by atoms with Crippen LogP contribution in [-0.2, 0) is 6.18 Å². The second-order valence-electron chi connectivity index (χ2n) is 5.06. The Hall–Kier alpha value is -1.43. The van der Waals surface area contributed by atoms with Crippen molar-refractivity contribution in [3.63, 3.8) is 0 Å². The molecule has 0 heterocycles. The minimum Gasteiger partial charge on any atom is -0.399 e. The minimum absolute atomic E-state index is 0.130. The number of likely N-dealkylation sites (N-methyl/N-ethyl adjacent to an activating group) is 1. The first-order valence-corrected chi connectivity index (χ1v) is 6.62. The van der Waals surface area contributed by atoms with Gasteiger partial charge in [-0.1, -0.05) is 6.92 Å². The Morgan fingerprint density at radius 1 is 1.10 bits per heavy atom. The fourth-order valence-electron chi connectivity index (χ4n) is 2.00. The van der Waals surface area contributed by atoms with Crippen LogP contribution in [0, 0.1) is 0 Å². The summed E-state index contributed by atoms with van der Waals surface area (Å²) in [4.78, 5) is 3.72. The molecule has 20 heavy (non-hydrogen) atoms. The lowest BCUT2D eigenvalue weighted by atomic mass is 10.1. The molecule has 0 spiro atoms. The summed E-state index contributed by atoms with van der Waals surface area (Å²) in [6.07, 6.45) is -3.61. The van der Waals surface area contributed by atoms with Crippen LogP contribution >= 0.6 is 0 Å². The van der Waals surface area contributed by atoms with E-state index in [1.807, 2.05) is 25.9 Å². The van der Waals surface area contributed by atoms with E-state index < -0.39 is 11.7 Å². The Morgan fingerprint density at radius 2 is 1.75 bits per heavy atom. The number of hydrogen-bond acceptors (Lipinski definition) is 3. The molecule has 0 atom stereocenters. The minimum atomic E-state index is -4.39. The average Bonchev–Trinajstić information content (AvgIpc) is 2.33. The zero-order valence-electron chi connectivity index (χ0n) is 12.2. The predicted molar refractivity (Wildman–Crippen MR) is 76.9 cm³/mol. The molecule has 0 amide bonds. The highest BCUT2D eigenvalue weighted by Crippen LogP contribution is 2.37. The Kier molecular flexibility index (Phi) is 5.68. The average molecular weight is 289 g/mol. The zero-order valence-corrected chi connectivity index (χ0v) is 12.2. The maximum absolute atomic E-state index is 13.1. The Morgan fingerprint density at radius 3 is 2.25 bits per heavy atom. The highest BCUT2D eigenvalue weighted by Gasteiger charge is 2.35. The highest BCUT2D eigenvalue weighted by molar-refractivity contribution is 5.61. The molecule has 0 saturated carbocycles. The normalized spacial score (nSPS) is 11.9. The molecule has 0 unspecified atom stereocenters. The molecule has 1 aromatic carbocycles. The lowest BCUT2D eigenvalue weighted by molar-refractivity contribution is -0.137. The number of nitrogen functional groups attached to an aromatic ring is 1. The number of anilines is 2. The lowest BCUT2D eigenvalue weighted by Crippen LogP contribution is -2.33. The van der Waals surface area contributed by atoms with E-state index in [1.165, 1.54) is 12.1 Å². The van der Waals surface area contributed by atoms with E-state index in [4.69, 9.17) is 5.73 Å². The van der Waals surface area contributed by atoms with Crippen molar-refractivity contribution in [1.82, 2.24) is 4.90 Å². The highest BCUT2D eigenvalue weighted by atomic mass is 19.4. The van der Waals surface area contributed by atoms with Crippen LogP contribution in [0.5, 0.6) is 0 Å². The van der Waals surface area contributed by atoms with Crippen LogP contribution in [0.25, 0.3) is 0 Å². The summed E-state index contributed by atoms with van der Waals surface area (Å²) in [6.45, 7) is 3.78. The van der Waals surface area contributed by atoms with Crippen LogP contribution in [0.1, 0.15) is 18.9 Å². The van der Waals surface area contributed by atoms with Gasteiger partial charge in [0.2, 0.25) is 0 Å². The van der Waals surface area contributed by atoms with Crippen molar-refractivity contribution in [3.8, 4) is 0 Å². The summed E-state index contributed by atoms with van der Waals surface area (Å²) in [6, 6.07) is 3.99. The lowest BCUT2D eigenvalue weighted by Gasteiger charge is -2.28. The number of hydrogen-bond donors (Lipinski definition) is 1. The third-order valence-electron chi connectivity index (χ3n) is 2.98. The van der Waals surface area contributed by atoms with Crippen LogP contribution in [0.4, 0.5) is 24.5 Å². The smallest absolute Gasteiger partial charge is 0.399 e. The van der Waals surface area contributed by atoms with E-state index in [0.29, 0.717) is 19.6 Å². The fourth-order valence-corrected chi connectivity index (χ4v) is 2.00. The predicted octanol–water partition coefficient (Wildman–Crippen LogP) is 3.07. The van der Waals surface area contributed by atoms with Gasteiger partial charge < -0.3 is 15.5 Å². The van der Waals surface area contributed by atoms with Gasteiger partial charge in [0, 0.05) is 31.0 Å². The molecule has 0 aliphatic carbocycles. The van der Waals surface area contributed by atoms with Gasteiger partial charge in [0.25, 0.3) is 0 Å². The standard InChI is InChI=1S/C14H22F3N3/c1-4-7-20(9-8-19(2)3)13-6-5-11(18)10-12(13)14(15,16)17/h5-6,10H,4,7-9,18H2,1-3H3. The molecular formula is C14H22F3N3. The zero-order chi connectivity index (χ0) is 15.3. The molecule has 0 radical (unpaired) electrons. The van der Waals surface area contributed by atoms with Gasteiger partial charge in [0.1, 0.15) is 0 Å². The van der Waals surface area contributed by atoms with Crippen molar-refractivity contribution in [2.45, 2.75) is 19.5 Å². The summed E-state index contributed by atoms with van der Waals surface area (Å²) in [5.74, 6) is 0. The summed E-state index contributed by atoms with van der Waals surface area (Å²) in [5.41, 5.74) is 5.17. The Bertz CT molecular complexity index is 430. The first kappa shape index (κ1) is 16.6. The van der Waals surface area contributed by atoms with Crippen LogP contribution in [0.3, 0.4) is 0 Å². The summed E-state index contributed by atoms with van der Waals surface area (Å²) in [7, 11) is 3.80. The molecule has 0 aromatic heterocycles. The summed E-state index contributed by atoms with van der Waals surface area (Å²) in [5, 5.41) is 0. The molecule has 0 bridgehead atoms. The van der Waals surface area contributed by atoms with E-state index in [9.17, 15) is 13.2 Å². The van der Waals surface area contributed by atoms with Gasteiger partial charge in [-0.25, -0.2) is 0 Å². The van der Waals surface area contributed by atoms with Crippen LogP contribution in [-0.4, -0.2) is 38.6 Å². The first-order valence-electron chi connectivity index (χ1n) is 6.62. The molecule has 114 valence electrons. The monoisotopic (exact) mass is 289 g/mol. The molecule has 0 aliphatic heterocycles. The number of halogens is 3. The molecule has 0 fully saturated rings. The van der Waals surface area contributed by atoms with Crippen molar-refractivity contribution in [2.75, 3.05) is 44.4 Å². The molecule has 3 nitrogen and oxygen atoms in total.